The summed E-state index contributed by atoms with van der Waals surface area (Å²) >= 11 is 0. The van der Waals surface area contributed by atoms with Crippen molar-refractivity contribution in [3.63, 3.8) is 0 Å². The molecular formula is C16H31N3O. The van der Waals surface area contributed by atoms with Crippen molar-refractivity contribution in [3.05, 3.63) is 0 Å². The molecule has 0 aliphatic carbocycles. The lowest BCUT2D eigenvalue weighted by Gasteiger charge is -2.47. The highest BCUT2D eigenvalue weighted by atomic mass is 16.5. The fourth-order valence-corrected chi connectivity index (χ4v) is 3.38. The van der Waals surface area contributed by atoms with Gasteiger partial charge in [-0.2, -0.15) is 5.26 Å². The quantitative estimate of drug-likeness (QED) is 0.813. The predicted molar refractivity (Wildman–Crippen MR) is 82.6 cm³/mol. The fraction of sp³-hybridized carbons (Fsp3) is 0.938. The van der Waals surface area contributed by atoms with Crippen LogP contribution in [0.15, 0.2) is 0 Å². The minimum absolute atomic E-state index is 0.0954. The Balaban J connectivity index is 2.52. The summed E-state index contributed by atoms with van der Waals surface area (Å²) in [5, 5.41) is 12.5. The molecule has 0 aromatic heterocycles. The van der Waals surface area contributed by atoms with Gasteiger partial charge in [-0.05, 0) is 60.5 Å². The molecule has 0 amide bonds. The molecule has 0 bridgehead atoms. The molecular weight excluding hydrogens is 250 g/mol. The van der Waals surface area contributed by atoms with Crippen LogP contribution < -0.4 is 5.32 Å². The third kappa shape index (κ3) is 4.73. The minimum atomic E-state index is -0.364. The molecule has 1 rings (SSSR count). The first-order valence-corrected chi connectivity index (χ1v) is 7.70. The number of morpholine rings is 1. The summed E-state index contributed by atoms with van der Waals surface area (Å²) in [4.78, 5) is 2.47. The van der Waals surface area contributed by atoms with E-state index >= 15 is 0 Å². The SMILES string of the molecule is CCC(C#N)(CCCN1CC(C)(C)OC(C)(C)C1)NC. The maximum atomic E-state index is 9.33. The second-order valence-corrected chi connectivity index (χ2v) is 7.23. The summed E-state index contributed by atoms with van der Waals surface area (Å²) in [5.74, 6) is 0. The molecule has 1 aliphatic rings. The zero-order chi connectivity index (χ0) is 15.4. The zero-order valence-electron chi connectivity index (χ0n) is 14.0. The van der Waals surface area contributed by atoms with Crippen molar-refractivity contribution < 1.29 is 4.74 Å². The van der Waals surface area contributed by atoms with E-state index in [2.05, 4.69) is 50.9 Å². The van der Waals surface area contributed by atoms with Gasteiger partial charge in [0.2, 0.25) is 0 Å². The van der Waals surface area contributed by atoms with Gasteiger partial charge < -0.3 is 10.1 Å². The Bertz CT molecular complexity index is 337. The van der Waals surface area contributed by atoms with E-state index in [-0.39, 0.29) is 16.7 Å². The molecule has 1 fully saturated rings. The molecule has 0 saturated carbocycles. The first-order valence-electron chi connectivity index (χ1n) is 7.70. The van der Waals surface area contributed by atoms with Crippen LogP contribution in [0.4, 0.5) is 0 Å². The van der Waals surface area contributed by atoms with Crippen molar-refractivity contribution in [2.75, 3.05) is 26.7 Å². The maximum Gasteiger partial charge on any atom is 0.106 e. The molecule has 1 atom stereocenters. The highest BCUT2D eigenvalue weighted by Gasteiger charge is 2.38. The van der Waals surface area contributed by atoms with Gasteiger partial charge in [-0.15, -0.1) is 0 Å². The minimum Gasteiger partial charge on any atom is -0.367 e. The van der Waals surface area contributed by atoms with Crippen LogP contribution in [-0.4, -0.2) is 48.3 Å². The second-order valence-electron chi connectivity index (χ2n) is 7.23. The summed E-state index contributed by atoms with van der Waals surface area (Å²) in [7, 11) is 1.88. The number of nitrogens with zero attached hydrogens (tertiary/aromatic N) is 2. The van der Waals surface area contributed by atoms with E-state index in [0.717, 1.165) is 38.9 Å². The van der Waals surface area contributed by atoms with Gasteiger partial charge in [0, 0.05) is 13.1 Å². The van der Waals surface area contributed by atoms with Crippen LogP contribution in [0.25, 0.3) is 0 Å². The lowest BCUT2D eigenvalue weighted by molar-refractivity contribution is -0.180. The first kappa shape index (κ1) is 17.4. The van der Waals surface area contributed by atoms with Gasteiger partial charge in [0.05, 0.1) is 17.3 Å². The lowest BCUT2D eigenvalue weighted by atomic mass is 9.91. The number of nitrogens with one attached hydrogen (secondary N) is 1. The Morgan fingerprint density at radius 1 is 1.25 bits per heavy atom. The predicted octanol–water partition coefficient (Wildman–Crippen LogP) is 2.55. The summed E-state index contributed by atoms with van der Waals surface area (Å²) < 4.78 is 6.10. The van der Waals surface area contributed by atoms with Gasteiger partial charge in [-0.25, -0.2) is 0 Å². The van der Waals surface area contributed by atoms with E-state index < -0.39 is 0 Å². The monoisotopic (exact) mass is 281 g/mol. The number of hydrogen-bond donors (Lipinski definition) is 1. The first-order chi connectivity index (χ1) is 9.17. The van der Waals surface area contributed by atoms with Gasteiger partial charge in [0.1, 0.15) is 5.54 Å². The molecule has 0 radical (unpaired) electrons. The van der Waals surface area contributed by atoms with Gasteiger partial charge in [-0.1, -0.05) is 6.92 Å². The third-order valence-electron chi connectivity index (χ3n) is 4.14. The van der Waals surface area contributed by atoms with Crippen molar-refractivity contribution in [2.45, 2.75) is 70.6 Å². The molecule has 116 valence electrons. The topological polar surface area (TPSA) is 48.3 Å². The lowest BCUT2D eigenvalue weighted by Crippen LogP contribution is -2.57. The van der Waals surface area contributed by atoms with Crippen molar-refractivity contribution in [3.8, 4) is 6.07 Å². The number of ether oxygens (including phenoxy) is 1. The highest BCUT2D eigenvalue weighted by molar-refractivity contribution is 5.05. The van der Waals surface area contributed by atoms with E-state index in [1.807, 2.05) is 7.05 Å². The van der Waals surface area contributed by atoms with Crippen molar-refractivity contribution in [2.24, 2.45) is 0 Å². The van der Waals surface area contributed by atoms with E-state index in [1.165, 1.54) is 0 Å². The number of nitriles is 1. The van der Waals surface area contributed by atoms with Crippen LogP contribution in [0, 0.1) is 11.3 Å². The normalized spacial score (nSPS) is 24.9. The van der Waals surface area contributed by atoms with Crippen LogP contribution in [0.1, 0.15) is 53.9 Å². The summed E-state index contributed by atoms with van der Waals surface area (Å²) in [6.07, 6.45) is 2.78. The van der Waals surface area contributed by atoms with Crippen molar-refractivity contribution in [1.29, 1.82) is 5.26 Å². The average molecular weight is 281 g/mol. The molecule has 1 saturated heterocycles. The molecule has 1 unspecified atom stereocenters. The Labute approximate surface area is 124 Å². The van der Waals surface area contributed by atoms with Gasteiger partial charge >= 0.3 is 0 Å². The van der Waals surface area contributed by atoms with Crippen LogP contribution in [0.3, 0.4) is 0 Å². The van der Waals surface area contributed by atoms with Crippen LogP contribution in [0.5, 0.6) is 0 Å². The largest absolute Gasteiger partial charge is 0.367 e. The Morgan fingerprint density at radius 3 is 2.20 bits per heavy atom. The van der Waals surface area contributed by atoms with Gasteiger partial charge in [0.15, 0.2) is 0 Å². The molecule has 0 aromatic carbocycles. The molecule has 0 aromatic rings. The standard InChI is InChI=1S/C16H31N3O/c1-7-16(11-17,18-6)9-8-10-19-12-14(2,3)20-15(4,5)13-19/h18H,7-10,12-13H2,1-6H3. The Kier molecular flexibility index (Phi) is 5.60. The molecule has 20 heavy (non-hydrogen) atoms. The maximum absolute atomic E-state index is 9.33. The Morgan fingerprint density at radius 2 is 1.80 bits per heavy atom. The van der Waals surface area contributed by atoms with E-state index in [9.17, 15) is 5.26 Å². The van der Waals surface area contributed by atoms with E-state index in [4.69, 9.17) is 4.74 Å². The van der Waals surface area contributed by atoms with Crippen LogP contribution >= 0.6 is 0 Å². The molecule has 0 spiro atoms. The molecule has 1 N–H and O–H groups in total. The molecule has 4 nitrogen and oxygen atoms in total. The van der Waals surface area contributed by atoms with Gasteiger partial charge in [-0.3, -0.25) is 4.90 Å². The second kappa shape index (κ2) is 6.43. The van der Waals surface area contributed by atoms with E-state index in [0.29, 0.717) is 0 Å². The van der Waals surface area contributed by atoms with Crippen molar-refractivity contribution in [1.82, 2.24) is 10.2 Å². The van der Waals surface area contributed by atoms with Gasteiger partial charge in [0.25, 0.3) is 0 Å². The number of rotatable bonds is 6. The summed E-state index contributed by atoms with van der Waals surface area (Å²) in [6, 6.07) is 2.43. The highest BCUT2D eigenvalue weighted by Crippen LogP contribution is 2.28. The van der Waals surface area contributed by atoms with Crippen LogP contribution in [0.2, 0.25) is 0 Å². The fourth-order valence-electron chi connectivity index (χ4n) is 3.38. The average Bonchev–Trinajstić information content (AvgIpc) is 2.31. The molecule has 1 heterocycles. The van der Waals surface area contributed by atoms with E-state index in [1.54, 1.807) is 0 Å². The summed E-state index contributed by atoms with van der Waals surface area (Å²) in [6.45, 7) is 13.6. The number of hydrogen-bond acceptors (Lipinski definition) is 4. The third-order valence-corrected chi connectivity index (χ3v) is 4.14. The molecule has 1 aliphatic heterocycles. The molecule has 4 heteroatoms. The summed E-state index contributed by atoms with van der Waals surface area (Å²) in [5.41, 5.74) is -0.555. The van der Waals surface area contributed by atoms with Crippen molar-refractivity contribution >= 4 is 0 Å². The Hall–Kier alpha value is -0.630. The zero-order valence-corrected chi connectivity index (χ0v) is 14.0. The van der Waals surface area contributed by atoms with Crippen LogP contribution in [-0.2, 0) is 4.74 Å². The smallest absolute Gasteiger partial charge is 0.106 e.